The Kier molecular flexibility index (Phi) is 3.94. The van der Waals surface area contributed by atoms with Crippen LogP contribution in [-0.4, -0.2) is 16.3 Å². The number of hydrogen-bond acceptors (Lipinski definition) is 2. The number of aromatic nitrogens is 2. The molecule has 0 spiro atoms. The molecule has 3 heteroatoms. The molecular formula is C18H17N3. The number of benzene rings is 2. The largest absolute Gasteiger partial charge is 0.327 e. The molecule has 3 aromatic rings. The van der Waals surface area contributed by atoms with Crippen LogP contribution in [0, 0.1) is 0 Å². The zero-order chi connectivity index (χ0) is 14.5. The standard InChI is InChI=1S/C18H17N3/c19-13-7-10-16-14-21(17-11-5-2-6-12-17)20-18(16)15-8-3-1-4-9-15/h1-12,14H,13,19H2. The normalized spacial score (nSPS) is 11.1. The van der Waals surface area contributed by atoms with E-state index in [4.69, 9.17) is 10.8 Å². The molecule has 0 unspecified atom stereocenters. The predicted octanol–water partition coefficient (Wildman–Crippen LogP) is 3.51. The fourth-order valence-corrected chi connectivity index (χ4v) is 2.24. The molecule has 2 aromatic carbocycles. The van der Waals surface area contributed by atoms with E-state index in [2.05, 4.69) is 12.1 Å². The van der Waals surface area contributed by atoms with Gasteiger partial charge in [-0.3, -0.25) is 0 Å². The van der Waals surface area contributed by atoms with E-state index < -0.39 is 0 Å². The van der Waals surface area contributed by atoms with Crippen LogP contribution in [0.15, 0.2) is 72.9 Å². The van der Waals surface area contributed by atoms with Gasteiger partial charge in [-0.05, 0) is 12.1 Å². The van der Waals surface area contributed by atoms with Gasteiger partial charge in [0.05, 0.1) is 11.4 Å². The van der Waals surface area contributed by atoms with Gasteiger partial charge in [0, 0.05) is 23.9 Å². The molecular weight excluding hydrogens is 258 g/mol. The molecule has 0 amide bonds. The molecule has 3 nitrogen and oxygen atoms in total. The minimum absolute atomic E-state index is 0.519. The monoisotopic (exact) mass is 275 g/mol. The van der Waals surface area contributed by atoms with E-state index >= 15 is 0 Å². The van der Waals surface area contributed by atoms with Gasteiger partial charge in [0.15, 0.2) is 0 Å². The first-order chi connectivity index (χ1) is 10.4. The van der Waals surface area contributed by atoms with E-state index in [1.54, 1.807) is 0 Å². The van der Waals surface area contributed by atoms with Crippen LogP contribution in [0.1, 0.15) is 5.56 Å². The van der Waals surface area contributed by atoms with Crippen LogP contribution in [-0.2, 0) is 0 Å². The average Bonchev–Trinajstić information content (AvgIpc) is 2.99. The minimum atomic E-state index is 0.519. The third kappa shape index (κ3) is 2.93. The summed E-state index contributed by atoms with van der Waals surface area (Å²) >= 11 is 0. The molecule has 1 heterocycles. The number of hydrogen-bond donors (Lipinski definition) is 1. The van der Waals surface area contributed by atoms with Crippen molar-refractivity contribution in [3.63, 3.8) is 0 Å². The summed E-state index contributed by atoms with van der Waals surface area (Å²) in [6.45, 7) is 0.519. The Labute approximate surface area is 124 Å². The van der Waals surface area contributed by atoms with Crippen molar-refractivity contribution in [2.24, 2.45) is 5.73 Å². The SMILES string of the molecule is NCC=Cc1cn(-c2ccccc2)nc1-c1ccccc1. The quantitative estimate of drug-likeness (QED) is 0.791. The average molecular weight is 275 g/mol. The molecule has 21 heavy (non-hydrogen) atoms. The molecule has 0 aliphatic rings. The van der Waals surface area contributed by atoms with Gasteiger partial charge in [-0.1, -0.05) is 60.7 Å². The first-order valence-corrected chi connectivity index (χ1v) is 6.95. The Balaban J connectivity index is 2.10. The highest BCUT2D eigenvalue weighted by Gasteiger charge is 2.09. The van der Waals surface area contributed by atoms with E-state index in [1.807, 2.05) is 71.6 Å². The molecule has 0 saturated carbocycles. The molecule has 3 rings (SSSR count). The van der Waals surface area contributed by atoms with E-state index in [-0.39, 0.29) is 0 Å². The van der Waals surface area contributed by atoms with E-state index in [0.717, 1.165) is 22.5 Å². The third-order valence-electron chi connectivity index (χ3n) is 3.24. The number of para-hydroxylation sites is 1. The molecule has 0 radical (unpaired) electrons. The van der Waals surface area contributed by atoms with Gasteiger partial charge in [0.2, 0.25) is 0 Å². The molecule has 0 aliphatic carbocycles. The lowest BCUT2D eigenvalue weighted by Crippen LogP contribution is -1.93. The summed E-state index contributed by atoms with van der Waals surface area (Å²) in [6.07, 6.45) is 6.00. The lowest BCUT2D eigenvalue weighted by Gasteiger charge is -2.00. The summed E-state index contributed by atoms with van der Waals surface area (Å²) in [5.74, 6) is 0. The molecule has 0 aliphatic heterocycles. The highest BCUT2D eigenvalue weighted by atomic mass is 15.3. The second-order valence-electron chi connectivity index (χ2n) is 4.72. The van der Waals surface area contributed by atoms with Gasteiger partial charge in [0.25, 0.3) is 0 Å². The molecule has 0 bridgehead atoms. The van der Waals surface area contributed by atoms with Crippen LogP contribution in [0.2, 0.25) is 0 Å². The fraction of sp³-hybridized carbons (Fsp3) is 0.0556. The predicted molar refractivity (Wildman–Crippen MR) is 87.1 cm³/mol. The van der Waals surface area contributed by atoms with Crippen molar-refractivity contribution < 1.29 is 0 Å². The number of rotatable bonds is 4. The van der Waals surface area contributed by atoms with Crippen molar-refractivity contribution in [1.29, 1.82) is 0 Å². The topological polar surface area (TPSA) is 43.8 Å². The Morgan fingerprint density at radius 2 is 1.62 bits per heavy atom. The highest BCUT2D eigenvalue weighted by molar-refractivity contribution is 5.72. The Morgan fingerprint density at radius 1 is 0.952 bits per heavy atom. The van der Waals surface area contributed by atoms with Crippen LogP contribution >= 0.6 is 0 Å². The van der Waals surface area contributed by atoms with Crippen LogP contribution < -0.4 is 5.73 Å². The van der Waals surface area contributed by atoms with E-state index in [9.17, 15) is 0 Å². The van der Waals surface area contributed by atoms with Crippen LogP contribution in [0.25, 0.3) is 23.0 Å². The van der Waals surface area contributed by atoms with Crippen molar-refractivity contribution in [2.45, 2.75) is 0 Å². The second kappa shape index (κ2) is 6.20. The maximum absolute atomic E-state index is 5.57. The lowest BCUT2D eigenvalue weighted by molar-refractivity contribution is 0.884. The molecule has 2 N–H and O–H groups in total. The van der Waals surface area contributed by atoms with E-state index in [1.165, 1.54) is 0 Å². The van der Waals surface area contributed by atoms with Gasteiger partial charge in [0.1, 0.15) is 0 Å². The molecule has 1 aromatic heterocycles. The Morgan fingerprint density at radius 3 is 2.29 bits per heavy atom. The summed E-state index contributed by atoms with van der Waals surface area (Å²) < 4.78 is 1.90. The van der Waals surface area contributed by atoms with Crippen LogP contribution in [0.4, 0.5) is 0 Å². The van der Waals surface area contributed by atoms with Crippen molar-refractivity contribution in [1.82, 2.24) is 9.78 Å². The molecule has 0 atom stereocenters. The number of nitrogens with zero attached hydrogens (tertiary/aromatic N) is 2. The summed E-state index contributed by atoms with van der Waals surface area (Å²) in [4.78, 5) is 0. The van der Waals surface area contributed by atoms with Crippen molar-refractivity contribution in [3.05, 3.63) is 78.5 Å². The van der Waals surface area contributed by atoms with Gasteiger partial charge in [-0.2, -0.15) is 5.10 Å². The second-order valence-corrected chi connectivity index (χ2v) is 4.72. The molecule has 0 saturated heterocycles. The number of nitrogens with two attached hydrogens (primary N) is 1. The first kappa shape index (κ1) is 13.3. The minimum Gasteiger partial charge on any atom is -0.327 e. The summed E-state index contributed by atoms with van der Waals surface area (Å²) in [7, 11) is 0. The molecule has 0 fully saturated rings. The Bertz CT molecular complexity index is 728. The first-order valence-electron chi connectivity index (χ1n) is 6.95. The van der Waals surface area contributed by atoms with Gasteiger partial charge < -0.3 is 5.73 Å². The van der Waals surface area contributed by atoms with Crippen molar-refractivity contribution in [3.8, 4) is 16.9 Å². The van der Waals surface area contributed by atoms with Crippen molar-refractivity contribution in [2.75, 3.05) is 6.54 Å². The van der Waals surface area contributed by atoms with Gasteiger partial charge >= 0.3 is 0 Å². The summed E-state index contributed by atoms with van der Waals surface area (Å²) in [6, 6.07) is 20.3. The zero-order valence-electron chi connectivity index (χ0n) is 11.7. The Hall–Kier alpha value is -2.65. The van der Waals surface area contributed by atoms with E-state index in [0.29, 0.717) is 6.54 Å². The maximum atomic E-state index is 5.57. The third-order valence-corrected chi connectivity index (χ3v) is 3.24. The van der Waals surface area contributed by atoms with Gasteiger partial charge in [-0.25, -0.2) is 4.68 Å². The molecule has 104 valence electrons. The lowest BCUT2D eigenvalue weighted by atomic mass is 10.1. The van der Waals surface area contributed by atoms with Crippen LogP contribution in [0.5, 0.6) is 0 Å². The maximum Gasteiger partial charge on any atom is 0.0999 e. The van der Waals surface area contributed by atoms with Gasteiger partial charge in [-0.15, -0.1) is 0 Å². The smallest absolute Gasteiger partial charge is 0.0999 e. The fourth-order valence-electron chi connectivity index (χ4n) is 2.24. The van der Waals surface area contributed by atoms with Crippen LogP contribution in [0.3, 0.4) is 0 Å². The summed E-state index contributed by atoms with van der Waals surface area (Å²) in [5, 5.41) is 4.73. The van der Waals surface area contributed by atoms with Crippen molar-refractivity contribution >= 4 is 6.08 Å². The summed E-state index contributed by atoms with van der Waals surface area (Å²) in [5.41, 5.74) is 9.74. The zero-order valence-corrected chi connectivity index (χ0v) is 11.7. The highest BCUT2D eigenvalue weighted by Crippen LogP contribution is 2.24.